The number of carboxylic acids is 1. The predicted molar refractivity (Wildman–Crippen MR) is 263 cm³/mol. The van der Waals surface area contributed by atoms with Crippen molar-refractivity contribution >= 4 is 83.7 Å². The largest absolute Gasteiger partial charge is 0.478 e. The maximum Gasteiger partial charge on any atom is 0.338 e. The standard InChI is InChI=1S/C47H49BrClN7O6S2/c1-31-44(47(57)58)45(46(53(31)4)32-10-12-35(49)13-11-32)33-26-34(48)28-39(27-33)55-24-22-54(23-25-55)38-16-14-36(15-17-38)51-64(61,62)41-18-19-42(43(29-41)56(59)60)50-37(20-21-52(2)3)30-63-40-8-6-5-7-9-40/h5-19,26-29,37,50-51H,20-25,30H2,1-4H3,(H,57,58)/t37-/m1/s1. The molecule has 334 valence electrons. The summed E-state index contributed by atoms with van der Waals surface area (Å²) in [6.45, 7) is 5.30. The summed E-state index contributed by atoms with van der Waals surface area (Å²) < 4.78 is 32.5. The minimum Gasteiger partial charge on any atom is -0.478 e. The number of nitro benzene ring substituents is 1. The van der Waals surface area contributed by atoms with E-state index in [4.69, 9.17) is 11.6 Å². The van der Waals surface area contributed by atoms with Gasteiger partial charge in [0.2, 0.25) is 0 Å². The summed E-state index contributed by atoms with van der Waals surface area (Å²) in [5, 5.41) is 26.6. The molecule has 1 fully saturated rings. The molecule has 0 spiro atoms. The fourth-order valence-corrected chi connectivity index (χ4v) is 10.5. The number of aromatic nitrogens is 1. The van der Waals surface area contributed by atoms with Gasteiger partial charge >= 0.3 is 5.97 Å². The highest BCUT2D eigenvalue weighted by Gasteiger charge is 2.28. The lowest BCUT2D eigenvalue weighted by Crippen LogP contribution is -2.46. The molecule has 0 radical (unpaired) electrons. The topological polar surface area (TPSA) is 153 Å². The van der Waals surface area contributed by atoms with Crippen molar-refractivity contribution in [2.45, 2.75) is 29.2 Å². The molecule has 6 aromatic rings. The van der Waals surface area contributed by atoms with Gasteiger partial charge in [-0.05, 0) is 124 Å². The summed E-state index contributed by atoms with van der Waals surface area (Å²) in [5.74, 6) is -0.343. The Morgan fingerprint density at radius 1 is 0.906 bits per heavy atom. The molecule has 64 heavy (non-hydrogen) atoms. The number of carboxylic acid groups (broad SMARTS) is 1. The Hall–Kier alpha value is -5.52. The number of piperazine rings is 1. The first-order chi connectivity index (χ1) is 30.6. The van der Waals surface area contributed by atoms with Gasteiger partial charge in [0.15, 0.2) is 0 Å². The number of hydrogen-bond acceptors (Lipinski definition) is 10. The molecule has 0 aliphatic carbocycles. The number of halogens is 2. The molecule has 1 aromatic heterocycles. The number of hydrogen-bond donors (Lipinski definition) is 3. The zero-order chi connectivity index (χ0) is 45.7. The van der Waals surface area contributed by atoms with E-state index in [0.29, 0.717) is 53.9 Å². The van der Waals surface area contributed by atoms with Crippen molar-refractivity contribution in [3.8, 4) is 22.4 Å². The van der Waals surface area contributed by atoms with Gasteiger partial charge in [0.05, 0.1) is 21.1 Å². The summed E-state index contributed by atoms with van der Waals surface area (Å²) >= 11 is 11.6. The first-order valence-corrected chi connectivity index (χ1v) is 24.2. The lowest BCUT2D eigenvalue weighted by Gasteiger charge is -2.37. The second-order valence-corrected chi connectivity index (χ2v) is 20.0. The van der Waals surface area contributed by atoms with E-state index in [0.717, 1.165) is 56.6 Å². The number of carbonyl (C=O) groups is 1. The zero-order valence-electron chi connectivity index (χ0n) is 35.8. The van der Waals surface area contributed by atoms with Gasteiger partial charge < -0.3 is 29.7 Å². The molecule has 1 aliphatic heterocycles. The number of nitro groups is 1. The van der Waals surface area contributed by atoms with Gasteiger partial charge in [0.1, 0.15) is 5.69 Å². The van der Waals surface area contributed by atoms with Crippen molar-refractivity contribution in [2.24, 2.45) is 7.05 Å². The third-order valence-corrected chi connectivity index (χ3v) is 14.5. The van der Waals surface area contributed by atoms with Crippen molar-refractivity contribution in [3.63, 3.8) is 0 Å². The average molecular weight is 987 g/mol. The number of sulfonamides is 1. The van der Waals surface area contributed by atoms with Crippen LogP contribution in [0.2, 0.25) is 5.02 Å². The SMILES string of the molecule is Cc1c(C(=O)O)c(-c2cc(Br)cc(N3CCN(c4ccc(NS(=O)(=O)c5ccc(N[C@H](CCN(C)C)CSc6ccccc6)c([N+](=O)[O-])c5)cc4)CC3)c2)c(-c2ccc(Cl)cc2)n1C. The molecule has 0 bridgehead atoms. The highest BCUT2D eigenvalue weighted by Crippen LogP contribution is 2.42. The van der Waals surface area contributed by atoms with E-state index in [1.807, 2.05) is 105 Å². The third kappa shape index (κ3) is 10.9. The van der Waals surface area contributed by atoms with E-state index in [1.165, 1.54) is 12.1 Å². The Balaban J connectivity index is 1.02. The number of rotatable bonds is 17. The van der Waals surface area contributed by atoms with E-state index in [2.05, 4.69) is 40.7 Å². The van der Waals surface area contributed by atoms with Gasteiger partial charge in [-0.3, -0.25) is 14.8 Å². The van der Waals surface area contributed by atoms with E-state index >= 15 is 0 Å². The normalized spacial score (nSPS) is 13.5. The average Bonchev–Trinajstić information content (AvgIpc) is 3.54. The lowest BCUT2D eigenvalue weighted by atomic mass is 9.96. The molecule has 0 amide bonds. The summed E-state index contributed by atoms with van der Waals surface area (Å²) in [7, 11) is 1.65. The van der Waals surface area contributed by atoms with Crippen molar-refractivity contribution in [3.05, 3.63) is 146 Å². The minimum absolute atomic E-state index is 0.116. The van der Waals surface area contributed by atoms with Crippen LogP contribution in [0.4, 0.5) is 28.4 Å². The fraction of sp³-hybridized carbons (Fsp3) is 0.255. The van der Waals surface area contributed by atoms with Crippen LogP contribution in [0, 0.1) is 17.0 Å². The van der Waals surface area contributed by atoms with Gasteiger partial charge in [0.25, 0.3) is 15.7 Å². The first kappa shape index (κ1) is 46.5. The van der Waals surface area contributed by atoms with Crippen molar-refractivity contribution in [2.75, 3.05) is 72.4 Å². The van der Waals surface area contributed by atoms with Crippen LogP contribution in [0.25, 0.3) is 22.4 Å². The van der Waals surface area contributed by atoms with E-state index in [1.54, 1.807) is 36.0 Å². The van der Waals surface area contributed by atoms with E-state index < -0.39 is 20.9 Å². The summed E-state index contributed by atoms with van der Waals surface area (Å²) in [5.41, 5.74) is 6.05. The van der Waals surface area contributed by atoms with Crippen LogP contribution in [-0.2, 0) is 17.1 Å². The smallest absolute Gasteiger partial charge is 0.338 e. The molecule has 17 heteroatoms. The molecule has 7 rings (SSSR count). The number of aromatic carboxylic acids is 1. The van der Waals surface area contributed by atoms with Crippen LogP contribution in [-0.4, -0.2) is 92.5 Å². The van der Waals surface area contributed by atoms with Gasteiger partial charge in [-0.2, -0.15) is 0 Å². The quantitative estimate of drug-likeness (QED) is 0.0455. The highest BCUT2D eigenvalue weighted by molar-refractivity contribution is 9.10. The Morgan fingerprint density at radius 2 is 1.56 bits per heavy atom. The number of anilines is 4. The molecule has 1 atom stereocenters. The van der Waals surface area contributed by atoms with Crippen LogP contribution in [0.15, 0.2) is 130 Å². The number of thioether (sulfide) groups is 1. The molecule has 2 heterocycles. The molecular formula is C47H49BrClN7O6S2. The molecule has 1 aliphatic rings. The van der Waals surface area contributed by atoms with Crippen molar-refractivity contribution < 1.29 is 23.2 Å². The van der Waals surface area contributed by atoms with Crippen LogP contribution < -0.4 is 19.8 Å². The molecule has 3 N–H and O–H groups in total. The van der Waals surface area contributed by atoms with Crippen molar-refractivity contribution in [1.29, 1.82) is 0 Å². The second-order valence-electron chi connectivity index (χ2n) is 15.9. The van der Waals surface area contributed by atoms with Gasteiger partial charge in [-0.15, -0.1) is 11.8 Å². The minimum atomic E-state index is -4.17. The van der Waals surface area contributed by atoms with E-state index in [-0.39, 0.29) is 27.9 Å². The lowest BCUT2D eigenvalue weighted by molar-refractivity contribution is -0.384. The highest BCUT2D eigenvalue weighted by atomic mass is 79.9. The maximum absolute atomic E-state index is 13.6. The Morgan fingerprint density at radius 3 is 2.19 bits per heavy atom. The van der Waals surface area contributed by atoms with Gasteiger partial charge in [0, 0.05) is 93.8 Å². The van der Waals surface area contributed by atoms with Crippen LogP contribution in [0.3, 0.4) is 0 Å². The summed E-state index contributed by atoms with van der Waals surface area (Å²) in [6.07, 6.45) is 0.724. The Labute approximate surface area is 391 Å². The number of nitrogens with one attached hydrogen (secondary N) is 2. The summed E-state index contributed by atoms with van der Waals surface area (Å²) in [6, 6.07) is 34.2. The monoisotopic (exact) mass is 985 g/mol. The van der Waals surface area contributed by atoms with Crippen LogP contribution in [0.5, 0.6) is 0 Å². The maximum atomic E-state index is 13.6. The number of benzene rings is 5. The molecule has 0 saturated carbocycles. The van der Waals surface area contributed by atoms with Gasteiger partial charge in [-0.1, -0.05) is 57.9 Å². The van der Waals surface area contributed by atoms with Gasteiger partial charge in [-0.25, -0.2) is 13.2 Å². The molecule has 0 unspecified atom stereocenters. The van der Waals surface area contributed by atoms with Crippen LogP contribution in [0.1, 0.15) is 22.5 Å². The summed E-state index contributed by atoms with van der Waals surface area (Å²) in [4.78, 5) is 31.8. The molecule has 5 aromatic carbocycles. The van der Waals surface area contributed by atoms with Crippen LogP contribution >= 0.6 is 39.3 Å². The fourth-order valence-electron chi connectivity index (χ4n) is 7.87. The number of nitrogens with zero attached hydrogens (tertiary/aromatic N) is 5. The Kier molecular flexibility index (Phi) is 14.6. The molecular weight excluding hydrogens is 938 g/mol. The Bertz CT molecular complexity index is 2750. The van der Waals surface area contributed by atoms with E-state index in [9.17, 15) is 28.4 Å². The first-order valence-electron chi connectivity index (χ1n) is 20.6. The molecule has 13 nitrogen and oxygen atoms in total. The third-order valence-electron chi connectivity index (χ3n) is 11.3. The zero-order valence-corrected chi connectivity index (χ0v) is 39.8. The predicted octanol–water partition coefficient (Wildman–Crippen LogP) is 10.3. The van der Waals surface area contributed by atoms with Crippen molar-refractivity contribution in [1.82, 2.24) is 9.47 Å². The second kappa shape index (κ2) is 20.1. The molecule has 1 saturated heterocycles.